The number of benzene rings is 1. The number of nitrogens with zero attached hydrogens (tertiary/aromatic N) is 1. The number of hydrogen-bond acceptors (Lipinski definition) is 4. The first-order chi connectivity index (χ1) is 6.77. The van der Waals surface area contributed by atoms with Gasteiger partial charge in [-0.15, -0.1) is 0 Å². The van der Waals surface area contributed by atoms with Crippen LogP contribution in [0.1, 0.15) is 0 Å². The van der Waals surface area contributed by atoms with Crippen molar-refractivity contribution in [2.75, 3.05) is 18.5 Å². The standard InChI is InChI=1S/C9H9FN2O2/c10-8-5-7(12-6-14)1-2-9(8)11-3-4-13/h1-2,5,11,13H,3-4H2. The summed E-state index contributed by atoms with van der Waals surface area (Å²) in [7, 11) is 0. The molecule has 0 amide bonds. The van der Waals surface area contributed by atoms with Crippen LogP contribution in [0.15, 0.2) is 23.2 Å². The predicted octanol–water partition coefficient (Wildman–Crippen LogP) is 1.20. The largest absolute Gasteiger partial charge is 0.395 e. The number of anilines is 1. The Kier molecular flexibility index (Phi) is 3.79. The van der Waals surface area contributed by atoms with E-state index in [0.717, 1.165) is 6.07 Å². The Hall–Kier alpha value is -1.71. The van der Waals surface area contributed by atoms with Crippen LogP contribution < -0.4 is 5.32 Å². The first-order valence-electron chi connectivity index (χ1n) is 4.00. The number of aliphatic hydroxyl groups excluding tert-OH is 1. The second-order valence-corrected chi connectivity index (χ2v) is 2.52. The highest BCUT2D eigenvalue weighted by Crippen LogP contribution is 2.20. The van der Waals surface area contributed by atoms with Crippen molar-refractivity contribution >= 4 is 17.5 Å². The molecule has 74 valence electrons. The van der Waals surface area contributed by atoms with E-state index < -0.39 is 5.82 Å². The van der Waals surface area contributed by atoms with E-state index in [1.165, 1.54) is 18.2 Å². The van der Waals surface area contributed by atoms with Crippen molar-refractivity contribution in [1.29, 1.82) is 0 Å². The number of aliphatic imine (C=N–C) groups is 1. The first-order valence-corrected chi connectivity index (χ1v) is 4.00. The Morgan fingerprint density at radius 2 is 2.36 bits per heavy atom. The Morgan fingerprint density at radius 3 is 2.93 bits per heavy atom. The third-order valence-corrected chi connectivity index (χ3v) is 1.55. The maximum atomic E-state index is 13.2. The Morgan fingerprint density at radius 1 is 1.57 bits per heavy atom. The van der Waals surface area contributed by atoms with Gasteiger partial charge in [-0.25, -0.2) is 9.18 Å². The number of isocyanates is 1. The highest BCUT2D eigenvalue weighted by Gasteiger charge is 2.01. The zero-order chi connectivity index (χ0) is 10.4. The van der Waals surface area contributed by atoms with E-state index in [-0.39, 0.29) is 24.5 Å². The molecule has 0 aliphatic heterocycles. The normalized spacial score (nSPS) is 9.29. The Labute approximate surface area is 80.1 Å². The molecule has 0 unspecified atom stereocenters. The lowest BCUT2D eigenvalue weighted by Crippen LogP contribution is -2.06. The van der Waals surface area contributed by atoms with Gasteiger partial charge in [0, 0.05) is 12.6 Å². The lowest BCUT2D eigenvalue weighted by Gasteiger charge is -2.05. The van der Waals surface area contributed by atoms with Gasteiger partial charge in [-0.2, -0.15) is 4.99 Å². The van der Waals surface area contributed by atoms with Crippen molar-refractivity contribution in [3.05, 3.63) is 24.0 Å². The zero-order valence-electron chi connectivity index (χ0n) is 7.33. The Balaban J connectivity index is 2.84. The summed E-state index contributed by atoms with van der Waals surface area (Å²) >= 11 is 0. The van der Waals surface area contributed by atoms with Crippen LogP contribution in [0, 0.1) is 5.82 Å². The van der Waals surface area contributed by atoms with E-state index in [1.54, 1.807) is 0 Å². The van der Waals surface area contributed by atoms with E-state index in [1.807, 2.05) is 0 Å². The van der Waals surface area contributed by atoms with E-state index in [9.17, 15) is 9.18 Å². The molecule has 2 N–H and O–H groups in total. The quantitative estimate of drug-likeness (QED) is 0.561. The van der Waals surface area contributed by atoms with Crippen LogP contribution in [-0.4, -0.2) is 24.3 Å². The van der Waals surface area contributed by atoms with E-state index in [4.69, 9.17) is 5.11 Å². The van der Waals surface area contributed by atoms with Gasteiger partial charge in [0.1, 0.15) is 5.82 Å². The lowest BCUT2D eigenvalue weighted by molar-refractivity contribution is 0.311. The lowest BCUT2D eigenvalue weighted by atomic mass is 10.2. The summed E-state index contributed by atoms with van der Waals surface area (Å²) in [5, 5.41) is 11.2. The molecule has 0 aromatic heterocycles. The van der Waals surface area contributed by atoms with Crippen molar-refractivity contribution in [1.82, 2.24) is 0 Å². The highest BCUT2D eigenvalue weighted by molar-refractivity contribution is 5.55. The van der Waals surface area contributed by atoms with Gasteiger partial charge in [0.05, 0.1) is 18.0 Å². The average molecular weight is 196 g/mol. The average Bonchev–Trinajstić information content (AvgIpc) is 2.17. The van der Waals surface area contributed by atoms with Crippen molar-refractivity contribution in [3.63, 3.8) is 0 Å². The minimum atomic E-state index is -0.519. The van der Waals surface area contributed by atoms with Gasteiger partial charge >= 0.3 is 0 Å². The smallest absolute Gasteiger partial charge is 0.240 e. The van der Waals surface area contributed by atoms with E-state index >= 15 is 0 Å². The summed E-state index contributed by atoms with van der Waals surface area (Å²) in [6.07, 6.45) is 1.32. The molecule has 4 nitrogen and oxygen atoms in total. The molecule has 0 saturated heterocycles. The van der Waals surface area contributed by atoms with Crippen LogP contribution in [0.5, 0.6) is 0 Å². The molecule has 0 saturated carbocycles. The number of rotatable bonds is 4. The molecule has 5 heteroatoms. The molecule has 0 spiro atoms. The molecule has 0 atom stereocenters. The highest BCUT2D eigenvalue weighted by atomic mass is 19.1. The maximum absolute atomic E-state index is 13.2. The van der Waals surface area contributed by atoms with Crippen LogP contribution in [0.3, 0.4) is 0 Å². The molecule has 0 fully saturated rings. The molecule has 0 heterocycles. The molecule has 14 heavy (non-hydrogen) atoms. The summed E-state index contributed by atoms with van der Waals surface area (Å²) in [5.41, 5.74) is 0.482. The number of halogens is 1. The van der Waals surface area contributed by atoms with Gasteiger partial charge < -0.3 is 10.4 Å². The van der Waals surface area contributed by atoms with Crippen molar-refractivity contribution in [2.24, 2.45) is 4.99 Å². The van der Waals surface area contributed by atoms with Gasteiger partial charge in [-0.05, 0) is 12.1 Å². The maximum Gasteiger partial charge on any atom is 0.240 e. The van der Waals surface area contributed by atoms with Gasteiger partial charge in [-0.3, -0.25) is 0 Å². The minimum absolute atomic E-state index is 0.0757. The second kappa shape index (κ2) is 5.11. The second-order valence-electron chi connectivity index (χ2n) is 2.52. The minimum Gasteiger partial charge on any atom is -0.395 e. The van der Waals surface area contributed by atoms with Crippen LogP contribution in [0.25, 0.3) is 0 Å². The van der Waals surface area contributed by atoms with Crippen LogP contribution in [0.4, 0.5) is 15.8 Å². The van der Waals surface area contributed by atoms with E-state index in [2.05, 4.69) is 10.3 Å². The molecule has 0 aliphatic carbocycles. The van der Waals surface area contributed by atoms with Gasteiger partial charge in [-0.1, -0.05) is 0 Å². The third kappa shape index (κ3) is 2.65. The third-order valence-electron chi connectivity index (χ3n) is 1.55. The SMILES string of the molecule is O=C=Nc1ccc(NCCO)c(F)c1. The molecule has 1 aromatic carbocycles. The molecule has 0 radical (unpaired) electrons. The molecule has 0 aliphatic rings. The molecular formula is C9H9FN2O2. The Bertz CT molecular complexity index is 362. The fraction of sp³-hybridized carbons (Fsp3) is 0.222. The molecular weight excluding hydrogens is 187 g/mol. The summed E-state index contributed by atoms with van der Waals surface area (Å²) < 4.78 is 13.2. The zero-order valence-corrected chi connectivity index (χ0v) is 7.33. The van der Waals surface area contributed by atoms with Crippen molar-refractivity contribution in [2.45, 2.75) is 0 Å². The number of nitrogens with one attached hydrogen (secondary N) is 1. The fourth-order valence-electron chi connectivity index (χ4n) is 0.960. The number of carbonyl (C=O) groups excluding carboxylic acids is 1. The van der Waals surface area contributed by atoms with Gasteiger partial charge in [0.25, 0.3) is 0 Å². The summed E-state index contributed by atoms with van der Waals surface area (Å²) in [4.78, 5) is 13.1. The van der Waals surface area contributed by atoms with Gasteiger partial charge in [0.2, 0.25) is 6.08 Å². The molecule has 1 aromatic rings. The van der Waals surface area contributed by atoms with Crippen molar-refractivity contribution < 1.29 is 14.3 Å². The number of aliphatic hydroxyl groups is 1. The first kappa shape index (κ1) is 10.4. The van der Waals surface area contributed by atoms with Crippen LogP contribution in [-0.2, 0) is 4.79 Å². The summed E-state index contributed by atoms with van der Waals surface area (Å²) in [6.45, 7) is 0.195. The van der Waals surface area contributed by atoms with E-state index in [0.29, 0.717) is 0 Å². The monoisotopic (exact) mass is 196 g/mol. The topological polar surface area (TPSA) is 61.7 Å². The number of hydrogen-bond donors (Lipinski definition) is 2. The summed E-state index contributed by atoms with van der Waals surface area (Å²) in [6, 6.07) is 4.04. The van der Waals surface area contributed by atoms with Crippen molar-refractivity contribution in [3.8, 4) is 0 Å². The predicted molar refractivity (Wildman–Crippen MR) is 49.8 cm³/mol. The van der Waals surface area contributed by atoms with Crippen LogP contribution >= 0.6 is 0 Å². The van der Waals surface area contributed by atoms with Gasteiger partial charge in [0.15, 0.2) is 0 Å². The summed E-state index contributed by atoms with van der Waals surface area (Å²) in [5.74, 6) is -0.519. The fourth-order valence-corrected chi connectivity index (χ4v) is 0.960. The molecule has 0 bridgehead atoms. The van der Waals surface area contributed by atoms with Crippen LogP contribution in [0.2, 0.25) is 0 Å². The molecule has 1 rings (SSSR count).